The fourth-order valence-electron chi connectivity index (χ4n) is 1.95. The Bertz CT molecular complexity index is 849. The number of halogens is 3. The Kier molecular flexibility index (Phi) is 5.35. The highest BCUT2D eigenvalue weighted by Gasteiger charge is 2.10. The van der Waals surface area contributed by atoms with Gasteiger partial charge >= 0.3 is 0 Å². The van der Waals surface area contributed by atoms with Crippen LogP contribution in [0.4, 0.5) is 0 Å². The van der Waals surface area contributed by atoms with Gasteiger partial charge in [-0.05, 0) is 29.8 Å². The van der Waals surface area contributed by atoms with E-state index in [1.807, 2.05) is 12.1 Å². The first-order valence-corrected chi connectivity index (χ1v) is 8.00. The molecule has 3 rings (SSSR count). The van der Waals surface area contributed by atoms with Crippen molar-refractivity contribution in [1.82, 2.24) is 14.9 Å². The first-order valence-electron chi connectivity index (χ1n) is 6.87. The second kappa shape index (κ2) is 7.66. The van der Waals surface area contributed by atoms with Gasteiger partial charge in [0.25, 0.3) is 0 Å². The van der Waals surface area contributed by atoms with Gasteiger partial charge < -0.3 is 4.74 Å². The van der Waals surface area contributed by atoms with Crippen molar-refractivity contribution in [3.63, 3.8) is 0 Å². The molecule has 0 saturated carbocycles. The maximum atomic E-state index is 6.26. The van der Waals surface area contributed by atoms with Crippen molar-refractivity contribution in [1.29, 1.82) is 0 Å². The molecule has 0 aliphatic heterocycles. The summed E-state index contributed by atoms with van der Waals surface area (Å²) >= 11 is 18.2. The maximum absolute atomic E-state index is 6.26. The predicted octanol–water partition coefficient (Wildman–Crippen LogP) is 4.70. The number of hydrogen-bond acceptors (Lipinski definition) is 4. The van der Waals surface area contributed by atoms with Crippen molar-refractivity contribution in [2.45, 2.75) is 6.61 Å². The van der Waals surface area contributed by atoms with Crippen LogP contribution >= 0.6 is 34.8 Å². The van der Waals surface area contributed by atoms with E-state index in [1.54, 1.807) is 30.5 Å². The summed E-state index contributed by atoms with van der Waals surface area (Å²) in [6.07, 6.45) is 4.52. The van der Waals surface area contributed by atoms with Crippen LogP contribution in [0.3, 0.4) is 0 Å². The molecule has 0 unspecified atom stereocenters. The Balaban J connectivity index is 1.84. The normalized spacial score (nSPS) is 11.1. The fraction of sp³-hybridized carbons (Fsp3) is 0.0625. The molecule has 0 aliphatic rings. The molecule has 0 radical (unpaired) electrons. The van der Waals surface area contributed by atoms with E-state index >= 15 is 0 Å². The van der Waals surface area contributed by atoms with E-state index in [-0.39, 0.29) is 0 Å². The monoisotopic (exact) mass is 380 g/mol. The molecule has 2 aromatic carbocycles. The van der Waals surface area contributed by atoms with Gasteiger partial charge in [-0.25, -0.2) is 4.68 Å². The molecule has 0 spiro atoms. The van der Waals surface area contributed by atoms with E-state index in [2.05, 4.69) is 15.3 Å². The first-order chi connectivity index (χ1) is 11.6. The van der Waals surface area contributed by atoms with Gasteiger partial charge in [0.05, 0.1) is 11.2 Å². The van der Waals surface area contributed by atoms with Crippen molar-refractivity contribution < 1.29 is 4.74 Å². The molecule has 0 atom stereocenters. The molecule has 3 aromatic rings. The lowest BCUT2D eigenvalue weighted by Gasteiger charge is -2.12. The Morgan fingerprint density at radius 3 is 2.42 bits per heavy atom. The summed E-state index contributed by atoms with van der Waals surface area (Å²) < 4.78 is 7.31. The zero-order valence-corrected chi connectivity index (χ0v) is 14.5. The van der Waals surface area contributed by atoms with Crippen molar-refractivity contribution in [2.75, 3.05) is 0 Å². The largest absolute Gasteiger partial charge is 0.487 e. The topological polar surface area (TPSA) is 52.3 Å². The Labute approximate surface area is 153 Å². The van der Waals surface area contributed by atoms with Gasteiger partial charge in [0, 0.05) is 15.6 Å². The highest BCUT2D eigenvalue weighted by Crippen LogP contribution is 2.32. The number of nitrogens with zero attached hydrogens (tertiary/aromatic N) is 4. The fourth-order valence-corrected chi connectivity index (χ4v) is 2.64. The minimum absolute atomic E-state index is 0.339. The molecule has 8 heteroatoms. The zero-order chi connectivity index (χ0) is 16.9. The van der Waals surface area contributed by atoms with Gasteiger partial charge in [-0.2, -0.15) is 5.10 Å². The van der Waals surface area contributed by atoms with Crippen molar-refractivity contribution in [2.24, 2.45) is 5.10 Å². The Hall–Kier alpha value is -2.08. The van der Waals surface area contributed by atoms with Gasteiger partial charge in [-0.3, -0.25) is 0 Å². The number of ether oxygens (including phenoxy) is 1. The van der Waals surface area contributed by atoms with Crippen LogP contribution in [0.2, 0.25) is 15.1 Å². The van der Waals surface area contributed by atoms with Crippen molar-refractivity contribution in [3.05, 3.63) is 75.2 Å². The minimum Gasteiger partial charge on any atom is -0.487 e. The van der Waals surface area contributed by atoms with E-state index < -0.39 is 0 Å². The van der Waals surface area contributed by atoms with E-state index in [4.69, 9.17) is 39.5 Å². The van der Waals surface area contributed by atoms with Gasteiger partial charge in [-0.1, -0.05) is 46.9 Å². The lowest BCUT2D eigenvalue weighted by Crippen LogP contribution is -2.00. The van der Waals surface area contributed by atoms with E-state index in [0.717, 1.165) is 5.56 Å². The van der Waals surface area contributed by atoms with Crippen molar-refractivity contribution >= 4 is 41.0 Å². The molecule has 0 saturated heterocycles. The molecule has 24 heavy (non-hydrogen) atoms. The highest BCUT2D eigenvalue weighted by molar-refractivity contribution is 6.36. The molecule has 0 N–H and O–H groups in total. The summed E-state index contributed by atoms with van der Waals surface area (Å²) in [4.78, 5) is 0. The van der Waals surface area contributed by atoms with Crippen LogP contribution in [0.5, 0.6) is 5.75 Å². The van der Waals surface area contributed by atoms with Crippen LogP contribution in [-0.4, -0.2) is 21.1 Å². The van der Waals surface area contributed by atoms with Crippen LogP contribution in [-0.2, 0) is 6.61 Å². The highest BCUT2D eigenvalue weighted by atomic mass is 35.5. The number of hydrogen-bond donors (Lipinski definition) is 0. The average Bonchev–Trinajstić information content (AvgIpc) is 3.07. The predicted molar refractivity (Wildman–Crippen MR) is 95.3 cm³/mol. The molecule has 0 aliphatic carbocycles. The third-order valence-corrected chi connectivity index (χ3v) is 3.82. The van der Waals surface area contributed by atoms with Crippen LogP contribution < -0.4 is 4.74 Å². The van der Waals surface area contributed by atoms with Gasteiger partial charge in [0.1, 0.15) is 25.0 Å². The quantitative estimate of drug-likeness (QED) is 0.602. The molecular formula is C16H11Cl3N4O. The summed E-state index contributed by atoms with van der Waals surface area (Å²) in [6.45, 7) is 0.339. The van der Waals surface area contributed by atoms with Gasteiger partial charge in [0.2, 0.25) is 0 Å². The van der Waals surface area contributed by atoms with Crippen LogP contribution in [0, 0.1) is 0 Å². The van der Waals surface area contributed by atoms with Gasteiger partial charge in [-0.15, -0.1) is 10.2 Å². The summed E-state index contributed by atoms with van der Waals surface area (Å²) in [7, 11) is 0. The summed E-state index contributed by atoms with van der Waals surface area (Å²) in [6, 6.07) is 10.7. The standard InChI is InChI=1S/C16H11Cl3N4O/c17-13-3-1-11(2-4-13)8-24-16-12(5-14(18)6-15(16)19)7-22-23-9-20-21-10-23/h1-7,9-10H,8H2/b22-7+. The minimum atomic E-state index is 0.339. The molecule has 1 aromatic heterocycles. The van der Waals surface area contributed by atoms with Crippen LogP contribution in [0.15, 0.2) is 54.2 Å². The zero-order valence-electron chi connectivity index (χ0n) is 12.2. The summed E-state index contributed by atoms with van der Waals surface area (Å²) in [5, 5.41) is 13.1. The van der Waals surface area contributed by atoms with E-state index in [9.17, 15) is 0 Å². The lowest BCUT2D eigenvalue weighted by atomic mass is 10.2. The smallest absolute Gasteiger partial charge is 0.147 e. The van der Waals surface area contributed by atoms with E-state index in [0.29, 0.717) is 33.0 Å². The van der Waals surface area contributed by atoms with Crippen LogP contribution in [0.25, 0.3) is 0 Å². The molecule has 122 valence electrons. The Morgan fingerprint density at radius 2 is 1.71 bits per heavy atom. The second-order valence-corrected chi connectivity index (χ2v) is 6.09. The lowest BCUT2D eigenvalue weighted by molar-refractivity contribution is 0.306. The molecule has 0 amide bonds. The second-order valence-electron chi connectivity index (χ2n) is 4.81. The molecule has 0 fully saturated rings. The number of aromatic nitrogens is 3. The number of benzene rings is 2. The first kappa shape index (κ1) is 16.8. The maximum Gasteiger partial charge on any atom is 0.147 e. The molecule has 1 heterocycles. The van der Waals surface area contributed by atoms with E-state index in [1.165, 1.54) is 17.3 Å². The average molecular weight is 382 g/mol. The summed E-state index contributed by atoms with van der Waals surface area (Å²) in [5.41, 5.74) is 1.61. The third-order valence-electron chi connectivity index (χ3n) is 3.07. The molecule has 0 bridgehead atoms. The number of rotatable bonds is 5. The molecular weight excluding hydrogens is 371 g/mol. The molecule has 5 nitrogen and oxygen atoms in total. The van der Waals surface area contributed by atoms with Crippen LogP contribution in [0.1, 0.15) is 11.1 Å². The SMILES string of the molecule is Clc1ccc(COc2c(Cl)cc(Cl)cc2/C=N/n2cnnc2)cc1. The summed E-state index contributed by atoms with van der Waals surface area (Å²) in [5.74, 6) is 0.493. The Morgan fingerprint density at radius 1 is 1.00 bits per heavy atom. The van der Waals surface area contributed by atoms with Gasteiger partial charge in [0.15, 0.2) is 0 Å². The third kappa shape index (κ3) is 4.26. The van der Waals surface area contributed by atoms with Crippen molar-refractivity contribution in [3.8, 4) is 5.75 Å².